The van der Waals surface area contributed by atoms with Crippen LogP contribution in [-0.2, 0) is 6.42 Å². The summed E-state index contributed by atoms with van der Waals surface area (Å²) in [5.41, 5.74) is 16.3. The molecule has 0 amide bonds. The quantitative estimate of drug-likeness (QED) is 0.476. The van der Waals surface area contributed by atoms with Gasteiger partial charge in [0, 0.05) is 22.9 Å². The molecule has 140 valence electrons. The van der Waals surface area contributed by atoms with Gasteiger partial charge in [-0.25, -0.2) is 5.10 Å². The van der Waals surface area contributed by atoms with Crippen molar-refractivity contribution in [2.75, 3.05) is 18.6 Å². The normalized spacial score (nSPS) is 10.9. The topological polar surface area (TPSA) is 107 Å². The highest BCUT2D eigenvalue weighted by molar-refractivity contribution is 5.84. The number of benzene rings is 3. The van der Waals surface area contributed by atoms with Crippen LogP contribution in [0.2, 0.25) is 0 Å². The van der Waals surface area contributed by atoms with Gasteiger partial charge in [0.05, 0.1) is 29.6 Å². The summed E-state index contributed by atoms with van der Waals surface area (Å²) in [4.78, 5) is 12.0. The number of nitrogen functional groups attached to an aromatic ring is 2. The maximum Gasteiger partial charge on any atom is 0.272 e. The van der Waals surface area contributed by atoms with Crippen molar-refractivity contribution >= 4 is 22.1 Å². The molecule has 0 aliphatic heterocycles. The van der Waals surface area contributed by atoms with Gasteiger partial charge < -0.3 is 16.2 Å². The number of aromatic nitrogens is 2. The lowest BCUT2D eigenvalue weighted by Crippen LogP contribution is -2.11. The molecule has 0 saturated carbocycles. The van der Waals surface area contributed by atoms with E-state index in [1.54, 1.807) is 19.2 Å². The van der Waals surface area contributed by atoms with E-state index in [-0.39, 0.29) is 5.56 Å². The summed E-state index contributed by atoms with van der Waals surface area (Å²) in [6.07, 6.45) is 0.513. The number of ether oxygens (including phenoxy) is 1. The third-order valence-electron chi connectivity index (χ3n) is 4.83. The first kappa shape index (κ1) is 17.6. The van der Waals surface area contributed by atoms with E-state index in [4.69, 9.17) is 16.2 Å². The van der Waals surface area contributed by atoms with E-state index in [1.165, 1.54) is 0 Å². The van der Waals surface area contributed by atoms with Crippen molar-refractivity contribution < 1.29 is 4.74 Å². The number of rotatable bonds is 4. The largest absolute Gasteiger partial charge is 0.496 e. The lowest BCUT2D eigenvalue weighted by molar-refractivity contribution is 0.412. The Morgan fingerprint density at radius 1 is 0.964 bits per heavy atom. The van der Waals surface area contributed by atoms with E-state index in [0.29, 0.717) is 23.2 Å². The summed E-state index contributed by atoms with van der Waals surface area (Å²) >= 11 is 0. The molecule has 0 aliphatic rings. The van der Waals surface area contributed by atoms with Crippen LogP contribution in [0, 0.1) is 0 Å². The molecule has 6 heteroatoms. The van der Waals surface area contributed by atoms with Gasteiger partial charge in [-0.15, -0.1) is 0 Å². The van der Waals surface area contributed by atoms with E-state index in [9.17, 15) is 4.79 Å². The second-order valence-corrected chi connectivity index (χ2v) is 6.56. The molecule has 0 aliphatic carbocycles. The number of nitrogens with one attached hydrogen (secondary N) is 1. The van der Waals surface area contributed by atoms with Crippen molar-refractivity contribution in [1.82, 2.24) is 10.2 Å². The minimum atomic E-state index is -0.197. The predicted octanol–water partition coefficient (Wildman–Crippen LogP) is 3.35. The van der Waals surface area contributed by atoms with Crippen LogP contribution in [-0.4, -0.2) is 17.3 Å². The first-order valence-electron chi connectivity index (χ1n) is 8.86. The predicted molar refractivity (Wildman–Crippen MR) is 112 cm³/mol. The number of hydrogen-bond donors (Lipinski definition) is 3. The summed E-state index contributed by atoms with van der Waals surface area (Å²) in [6.45, 7) is 0. The van der Waals surface area contributed by atoms with E-state index >= 15 is 0 Å². The van der Waals surface area contributed by atoms with Crippen LogP contribution in [0.25, 0.3) is 21.9 Å². The Morgan fingerprint density at radius 2 is 1.75 bits per heavy atom. The zero-order chi connectivity index (χ0) is 19.7. The Kier molecular flexibility index (Phi) is 4.45. The maximum atomic E-state index is 12.0. The summed E-state index contributed by atoms with van der Waals surface area (Å²) in [7, 11) is 1.64. The lowest BCUT2D eigenvalue weighted by atomic mass is 9.97. The highest BCUT2D eigenvalue weighted by atomic mass is 16.5. The molecule has 4 aromatic rings. The molecule has 0 atom stereocenters. The molecule has 0 unspecified atom stereocenters. The highest BCUT2D eigenvalue weighted by Crippen LogP contribution is 2.36. The van der Waals surface area contributed by atoms with E-state index in [2.05, 4.69) is 10.2 Å². The number of methoxy groups -OCH3 is 1. The Morgan fingerprint density at radius 3 is 2.50 bits per heavy atom. The molecule has 1 aromatic heterocycles. The fraction of sp³-hybridized carbons (Fsp3) is 0.0909. The third-order valence-corrected chi connectivity index (χ3v) is 4.83. The molecule has 6 nitrogen and oxygen atoms in total. The van der Waals surface area contributed by atoms with Crippen molar-refractivity contribution in [3.63, 3.8) is 0 Å². The molecule has 5 N–H and O–H groups in total. The third kappa shape index (κ3) is 3.05. The molecule has 0 saturated heterocycles. The summed E-state index contributed by atoms with van der Waals surface area (Å²) in [5, 5.41) is 8.31. The van der Waals surface area contributed by atoms with Gasteiger partial charge in [0.2, 0.25) is 0 Å². The van der Waals surface area contributed by atoms with Crippen LogP contribution >= 0.6 is 0 Å². The fourth-order valence-corrected chi connectivity index (χ4v) is 3.42. The van der Waals surface area contributed by atoms with Crippen LogP contribution in [0.1, 0.15) is 11.3 Å². The second kappa shape index (κ2) is 7.08. The van der Waals surface area contributed by atoms with Crippen molar-refractivity contribution in [3.05, 3.63) is 82.3 Å². The van der Waals surface area contributed by atoms with E-state index in [1.807, 2.05) is 48.5 Å². The Hall–Kier alpha value is -3.80. The SMILES string of the molecule is COc1c(Cc2n[nH]c(=O)c3ccccc23)cccc1-c1ccc(N)c(N)c1. The molecular formula is C22H20N4O2. The Bertz CT molecular complexity index is 1230. The number of para-hydroxylation sites is 1. The number of anilines is 2. The monoisotopic (exact) mass is 372 g/mol. The molecule has 0 bridgehead atoms. The molecule has 4 rings (SSSR count). The molecule has 0 radical (unpaired) electrons. The van der Waals surface area contributed by atoms with Crippen molar-refractivity contribution in [1.29, 1.82) is 0 Å². The molecule has 0 fully saturated rings. The fourth-order valence-electron chi connectivity index (χ4n) is 3.42. The van der Waals surface area contributed by atoms with Crippen molar-refractivity contribution in [2.45, 2.75) is 6.42 Å². The van der Waals surface area contributed by atoms with Gasteiger partial charge >= 0.3 is 0 Å². The Balaban J connectivity index is 1.83. The first-order valence-corrected chi connectivity index (χ1v) is 8.86. The second-order valence-electron chi connectivity index (χ2n) is 6.56. The van der Waals surface area contributed by atoms with Gasteiger partial charge in [-0.2, -0.15) is 5.10 Å². The number of fused-ring (bicyclic) bond motifs is 1. The average Bonchev–Trinajstić information content (AvgIpc) is 2.72. The molecule has 1 heterocycles. The van der Waals surface area contributed by atoms with Gasteiger partial charge in [0.15, 0.2) is 0 Å². The number of aromatic amines is 1. The van der Waals surface area contributed by atoms with Crippen LogP contribution in [0.3, 0.4) is 0 Å². The number of nitrogens with two attached hydrogens (primary N) is 2. The average molecular weight is 372 g/mol. The van der Waals surface area contributed by atoms with Gasteiger partial charge in [0.1, 0.15) is 5.75 Å². The van der Waals surface area contributed by atoms with E-state index < -0.39 is 0 Å². The standard InChI is InChI=1S/C22H20N4O2/c1-28-21-14(5-4-8-15(21)13-9-10-18(23)19(24)11-13)12-20-16-6-2-3-7-17(16)22(27)26-25-20/h2-11H,12,23-24H2,1H3,(H,26,27). The zero-order valence-electron chi connectivity index (χ0n) is 15.4. The van der Waals surface area contributed by atoms with Crippen LogP contribution in [0.5, 0.6) is 5.75 Å². The summed E-state index contributed by atoms with van der Waals surface area (Å²) < 4.78 is 5.74. The minimum Gasteiger partial charge on any atom is -0.496 e. The Labute approximate surface area is 161 Å². The van der Waals surface area contributed by atoms with Crippen LogP contribution in [0.4, 0.5) is 11.4 Å². The van der Waals surface area contributed by atoms with Gasteiger partial charge in [-0.3, -0.25) is 4.79 Å². The summed E-state index contributed by atoms with van der Waals surface area (Å²) in [5.74, 6) is 0.740. The maximum absolute atomic E-state index is 12.0. The summed E-state index contributed by atoms with van der Waals surface area (Å²) in [6, 6.07) is 18.9. The van der Waals surface area contributed by atoms with Crippen molar-refractivity contribution in [3.8, 4) is 16.9 Å². The number of H-pyrrole nitrogens is 1. The smallest absolute Gasteiger partial charge is 0.272 e. The molecule has 3 aromatic carbocycles. The molecular weight excluding hydrogens is 352 g/mol. The molecule has 0 spiro atoms. The van der Waals surface area contributed by atoms with Gasteiger partial charge in [0.25, 0.3) is 5.56 Å². The van der Waals surface area contributed by atoms with Crippen molar-refractivity contribution in [2.24, 2.45) is 0 Å². The van der Waals surface area contributed by atoms with Gasteiger partial charge in [-0.05, 0) is 23.8 Å². The zero-order valence-corrected chi connectivity index (χ0v) is 15.4. The lowest BCUT2D eigenvalue weighted by Gasteiger charge is -2.15. The van der Waals surface area contributed by atoms with Crippen LogP contribution in [0.15, 0.2) is 65.5 Å². The van der Waals surface area contributed by atoms with Crippen LogP contribution < -0.4 is 21.8 Å². The minimum absolute atomic E-state index is 0.197. The highest BCUT2D eigenvalue weighted by Gasteiger charge is 2.14. The van der Waals surface area contributed by atoms with Gasteiger partial charge in [-0.1, -0.05) is 42.5 Å². The number of nitrogens with zero attached hydrogens (tertiary/aromatic N) is 1. The first-order chi connectivity index (χ1) is 13.6. The van der Waals surface area contributed by atoms with E-state index in [0.717, 1.165) is 33.5 Å². The molecule has 28 heavy (non-hydrogen) atoms. The number of hydrogen-bond acceptors (Lipinski definition) is 5.